The lowest BCUT2D eigenvalue weighted by Gasteiger charge is -2.48. The summed E-state index contributed by atoms with van der Waals surface area (Å²) in [5, 5.41) is 8.15. The van der Waals surface area contributed by atoms with Crippen LogP contribution in [-0.4, -0.2) is 33.8 Å². The molecule has 0 spiro atoms. The predicted octanol–water partition coefficient (Wildman–Crippen LogP) is 6.77. The second kappa shape index (κ2) is 11.4. The molecule has 4 rings (SSSR count). The average molecular weight is 571 g/mol. The molecule has 0 bridgehead atoms. The third-order valence-electron chi connectivity index (χ3n) is 6.99. The van der Waals surface area contributed by atoms with E-state index in [1.54, 1.807) is 26.0 Å². The van der Waals surface area contributed by atoms with E-state index in [2.05, 4.69) is 20.9 Å². The van der Waals surface area contributed by atoms with E-state index in [-0.39, 0.29) is 11.5 Å². The number of pyridine rings is 1. The summed E-state index contributed by atoms with van der Waals surface area (Å²) in [4.78, 5) is 9.58. The molecule has 6 nitrogen and oxygen atoms in total. The first-order valence-electron chi connectivity index (χ1n) is 12.5. The molecule has 0 saturated carbocycles. The van der Waals surface area contributed by atoms with Crippen LogP contribution in [-0.2, 0) is 6.18 Å². The Labute approximate surface area is 234 Å². The monoisotopic (exact) mass is 570 g/mol. The lowest BCUT2D eigenvalue weighted by molar-refractivity contribution is -0.137. The number of hydrogen-bond acceptors (Lipinski definition) is 7. The molecule has 5 N–H and O–H groups in total. The van der Waals surface area contributed by atoms with Crippen LogP contribution in [0.4, 0.5) is 23.2 Å². The van der Waals surface area contributed by atoms with Gasteiger partial charge in [-0.3, -0.25) is 4.98 Å². The van der Waals surface area contributed by atoms with E-state index in [9.17, 15) is 17.6 Å². The number of hydrogen-bond donors (Lipinski definition) is 3. The van der Waals surface area contributed by atoms with E-state index in [1.807, 2.05) is 6.08 Å². The predicted molar refractivity (Wildman–Crippen MR) is 153 cm³/mol. The summed E-state index contributed by atoms with van der Waals surface area (Å²) in [5.41, 5.74) is 14.6. The minimum Gasteiger partial charge on any atom is -0.404 e. The summed E-state index contributed by atoms with van der Waals surface area (Å²) < 4.78 is 56.2. The number of piperidine rings is 1. The van der Waals surface area contributed by atoms with E-state index >= 15 is 0 Å². The Morgan fingerprint density at radius 2 is 1.93 bits per heavy atom. The molecule has 40 heavy (non-hydrogen) atoms. The van der Waals surface area contributed by atoms with Gasteiger partial charge in [0.1, 0.15) is 5.82 Å². The van der Waals surface area contributed by atoms with Crippen molar-refractivity contribution in [3.63, 3.8) is 0 Å². The summed E-state index contributed by atoms with van der Waals surface area (Å²) in [5.74, 6) is -0.379. The van der Waals surface area contributed by atoms with Gasteiger partial charge in [0, 0.05) is 36.1 Å². The highest BCUT2D eigenvalue weighted by atomic mass is 32.2. The molecule has 2 heterocycles. The van der Waals surface area contributed by atoms with Gasteiger partial charge in [0.25, 0.3) is 0 Å². The van der Waals surface area contributed by atoms with E-state index in [0.29, 0.717) is 64.8 Å². The fourth-order valence-electron chi connectivity index (χ4n) is 4.98. The molecule has 1 atom stereocenters. The van der Waals surface area contributed by atoms with Crippen LogP contribution in [0.15, 0.2) is 88.2 Å². The number of alkyl halides is 3. The lowest BCUT2D eigenvalue weighted by Crippen LogP contribution is -2.45. The van der Waals surface area contributed by atoms with Gasteiger partial charge < -0.3 is 16.9 Å². The van der Waals surface area contributed by atoms with Crippen LogP contribution in [0.5, 0.6) is 0 Å². The van der Waals surface area contributed by atoms with Gasteiger partial charge in [-0.1, -0.05) is 12.2 Å². The Balaban J connectivity index is 1.83. The maximum atomic E-state index is 13.6. The fraction of sp³-hybridized carbons (Fsp3) is 0.276. The number of allylic oxidation sites excluding steroid dienone is 4. The largest absolute Gasteiger partial charge is 0.416 e. The molecule has 2 aliphatic rings. The number of fused-ring (bicyclic) bond motifs is 1. The van der Waals surface area contributed by atoms with Gasteiger partial charge in [0.05, 0.1) is 27.6 Å². The summed E-state index contributed by atoms with van der Waals surface area (Å²) in [6.07, 6.45) is 0.811. The number of halogens is 4. The zero-order valence-electron chi connectivity index (χ0n) is 22.1. The first-order chi connectivity index (χ1) is 18.8. The molecule has 2 aromatic rings. The van der Waals surface area contributed by atoms with Crippen molar-refractivity contribution in [3.8, 4) is 0 Å². The van der Waals surface area contributed by atoms with Crippen LogP contribution >= 0.6 is 11.9 Å². The highest BCUT2D eigenvalue weighted by molar-refractivity contribution is 8.01. The molecule has 1 aromatic heterocycles. The zero-order chi connectivity index (χ0) is 29.2. The average Bonchev–Trinajstić information content (AvgIpc) is 2.91. The van der Waals surface area contributed by atoms with Crippen LogP contribution in [0.1, 0.15) is 37.9 Å². The molecule has 210 valence electrons. The minimum absolute atomic E-state index is 0.136. The number of nitrogens with two attached hydrogens (primary N) is 2. The van der Waals surface area contributed by atoms with Crippen molar-refractivity contribution in [1.29, 1.82) is 5.41 Å². The molecule has 0 radical (unpaired) electrons. The first-order valence-corrected chi connectivity index (χ1v) is 13.3. The van der Waals surface area contributed by atoms with E-state index in [4.69, 9.17) is 16.9 Å². The van der Waals surface area contributed by atoms with Crippen molar-refractivity contribution < 1.29 is 17.6 Å². The van der Waals surface area contributed by atoms with Gasteiger partial charge in [-0.25, -0.2) is 13.7 Å². The smallest absolute Gasteiger partial charge is 0.404 e. The van der Waals surface area contributed by atoms with Crippen molar-refractivity contribution in [2.24, 2.45) is 21.9 Å². The Morgan fingerprint density at radius 1 is 1.23 bits per heavy atom. The lowest BCUT2D eigenvalue weighted by atomic mass is 9.63. The van der Waals surface area contributed by atoms with Gasteiger partial charge in [-0.15, -0.1) is 0 Å². The summed E-state index contributed by atoms with van der Waals surface area (Å²) >= 11 is 1.35. The molecule has 1 saturated heterocycles. The number of rotatable bonds is 6. The molecule has 1 aliphatic heterocycles. The van der Waals surface area contributed by atoms with Crippen molar-refractivity contribution in [3.05, 3.63) is 100 Å². The normalized spacial score (nSPS) is 22.5. The second-order valence-electron chi connectivity index (χ2n) is 9.84. The number of aromatic nitrogens is 1. The van der Waals surface area contributed by atoms with Crippen LogP contribution < -0.4 is 11.5 Å². The quantitative estimate of drug-likeness (QED) is 0.202. The summed E-state index contributed by atoms with van der Waals surface area (Å²) in [7, 11) is 0. The van der Waals surface area contributed by atoms with Gasteiger partial charge in [-0.2, -0.15) is 13.2 Å². The highest BCUT2D eigenvalue weighted by Gasteiger charge is 2.47. The fourth-order valence-corrected chi connectivity index (χ4v) is 5.99. The van der Waals surface area contributed by atoms with Crippen LogP contribution in [0.2, 0.25) is 0 Å². The Kier molecular flexibility index (Phi) is 8.36. The Morgan fingerprint density at radius 3 is 2.52 bits per heavy atom. The maximum absolute atomic E-state index is 13.6. The van der Waals surface area contributed by atoms with Crippen LogP contribution in [0.3, 0.4) is 0 Å². The zero-order valence-corrected chi connectivity index (χ0v) is 23.0. The Bertz CT molecular complexity index is 1450. The molecule has 11 heteroatoms. The van der Waals surface area contributed by atoms with Crippen LogP contribution in [0.25, 0.3) is 5.57 Å². The number of nitrogens with one attached hydrogen (secondary N) is 1. The molecule has 0 amide bonds. The molecule has 1 aliphatic carbocycles. The number of aliphatic imine (C=N–C) groups is 1. The van der Waals surface area contributed by atoms with Gasteiger partial charge in [0.15, 0.2) is 0 Å². The van der Waals surface area contributed by atoms with Crippen molar-refractivity contribution in [1.82, 2.24) is 9.29 Å². The number of nitrogens with zero attached hydrogens (tertiary/aromatic N) is 3. The minimum atomic E-state index is -4.54. The standard InChI is InChI=1S/C29H30F4N6S/c1-17(25-13-22(8-10-37-25)29(31,32)33)28-14-20(15-34)26(38-24-6-4-23(30)5-7-24)12-21(28)9-11-39(16-28)40-27(18(2)35)19(3)36/h4-8,10,12-13,15,35H,1,9,11,14,16,34,36H2,2-3H3. The molecule has 1 fully saturated rings. The maximum Gasteiger partial charge on any atom is 0.416 e. The molecular weight excluding hydrogens is 540 g/mol. The van der Waals surface area contributed by atoms with Gasteiger partial charge >= 0.3 is 6.18 Å². The molecule has 1 unspecified atom stereocenters. The first kappa shape index (κ1) is 29.3. The third-order valence-corrected chi connectivity index (χ3v) is 8.37. The Hall–Kier alpha value is -3.70. The van der Waals surface area contributed by atoms with E-state index in [0.717, 1.165) is 23.9 Å². The van der Waals surface area contributed by atoms with Crippen molar-refractivity contribution in [2.45, 2.75) is 32.9 Å². The van der Waals surface area contributed by atoms with E-state index < -0.39 is 17.2 Å². The van der Waals surface area contributed by atoms with Gasteiger partial charge in [0.2, 0.25) is 0 Å². The SMILES string of the molecule is C=C(c1cc(C(F)(F)F)ccn1)C12CC(=CN)C(=Nc3ccc(F)cc3)C=C1CCN(SC(C(C)=N)=C(C)N)C2. The second-order valence-corrected chi connectivity index (χ2v) is 10.9. The van der Waals surface area contributed by atoms with E-state index in [1.165, 1.54) is 30.3 Å². The van der Waals surface area contributed by atoms with Crippen LogP contribution in [0, 0.1) is 16.6 Å². The molecule has 1 aromatic carbocycles. The topological polar surface area (TPSA) is 104 Å². The number of benzene rings is 1. The summed E-state index contributed by atoms with van der Waals surface area (Å²) in [6, 6.07) is 7.71. The van der Waals surface area contributed by atoms with Crippen molar-refractivity contribution >= 4 is 34.6 Å². The summed E-state index contributed by atoms with van der Waals surface area (Å²) in [6.45, 7) is 8.63. The highest BCUT2D eigenvalue weighted by Crippen LogP contribution is 2.53. The third kappa shape index (κ3) is 6.05. The van der Waals surface area contributed by atoms with Crippen molar-refractivity contribution in [2.75, 3.05) is 13.1 Å². The van der Waals surface area contributed by atoms with Gasteiger partial charge in [-0.05, 0) is 98.5 Å². The molecular formula is C29H30F4N6S.